The second-order valence-electron chi connectivity index (χ2n) is 6.04. The first kappa shape index (κ1) is 19.0. The maximum Gasteiger partial charge on any atom is 0.271 e. The Bertz CT molecular complexity index is 1150. The molecular formula is C21H14ClN3O3S. The van der Waals surface area contributed by atoms with E-state index in [0.29, 0.717) is 27.0 Å². The van der Waals surface area contributed by atoms with Crippen molar-refractivity contribution in [1.82, 2.24) is 4.98 Å². The second-order valence-corrected chi connectivity index (χ2v) is 7.41. The number of carbonyl (C=O) groups is 1. The number of hydrogen-bond donors (Lipinski definition) is 2. The Kier molecular flexibility index (Phi) is 5.24. The van der Waals surface area contributed by atoms with Crippen LogP contribution in [0.1, 0.15) is 5.56 Å². The molecule has 0 saturated carbocycles. The number of hydrogen-bond acceptors (Lipinski definition) is 6. The number of phenolic OH excluding ortho intramolecular Hbond substituents is 2. The van der Waals surface area contributed by atoms with Crippen molar-refractivity contribution >= 4 is 51.9 Å². The second kappa shape index (κ2) is 7.98. The van der Waals surface area contributed by atoms with Gasteiger partial charge in [-0.3, -0.25) is 9.69 Å². The molecule has 2 aromatic carbocycles. The number of rotatable bonds is 3. The summed E-state index contributed by atoms with van der Waals surface area (Å²) in [6.07, 6.45) is 3.20. The largest absolute Gasteiger partial charge is 0.504 e. The van der Waals surface area contributed by atoms with Crippen LogP contribution in [-0.4, -0.2) is 26.3 Å². The highest BCUT2D eigenvalue weighted by Gasteiger charge is 2.34. The van der Waals surface area contributed by atoms with E-state index in [-0.39, 0.29) is 22.6 Å². The van der Waals surface area contributed by atoms with Crippen molar-refractivity contribution in [1.29, 1.82) is 0 Å². The molecule has 0 unspecified atom stereocenters. The summed E-state index contributed by atoms with van der Waals surface area (Å²) in [5.74, 6) is -0.741. The van der Waals surface area contributed by atoms with Crippen molar-refractivity contribution in [2.75, 3.05) is 4.90 Å². The number of anilines is 1. The minimum absolute atomic E-state index is 0.225. The number of benzene rings is 2. The van der Waals surface area contributed by atoms with Gasteiger partial charge in [0, 0.05) is 6.20 Å². The molecule has 1 amide bonds. The molecule has 0 atom stereocenters. The van der Waals surface area contributed by atoms with Crippen molar-refractivity contribution in [3.8, 4) is 11.5 Å². The van der Waals surface area contributed by atoms with Gasteiger partial charge >= 0.3 is 0 Å². The van der Waals surface area contributed by atoms with Crippen LogP contribution in [0.3, 0.4) is 0 Å². The fraction of sp³-hybridized carbons (Fsp3) is 0. The van der Waals surface area contributed by atoms with Crippen LogP contribution in [0.2, 0.25) is 5.15 Å². The van der Waals surface area contributed by atoms with Crippen LogP contribution in [0, 0.1) is 0 Å². The Hall–Kier alpha value is -3.29. The van der Waals surface area contributed by atoms with Gasteiger partial charge in [-0.25, -0.2) is 9.98 Å². The fourth-order valence-corrected chi connectivity index (χ4v) is 3.85. The Labute approximate surface area is 175 Å². The van der Waals surface area contributed by atoms with E-state index in [1.54, 1.807) is 30.5 Å². The molecule has 1 aliphatic heterocycles. The van der Waals surface area contributed by atoms with Crippen LogP contribution in [0.15, 0.2) is 76.8 Å². The summed E-state index contributed by atoms with van der Waals surface area (Å²) >= 11 is 7.32. The quantitative estimate of drug-likeness (QED) is 0.353. The first-order chi connectivity index (χ1) is 14.0. The summed E-state index contributed by atoms with van der Waals surface area (Å²) < 4.78 is 0. The van der Waals surface area contributed by atoms with Gasteiger partial charge in [0.25, 0.3) is 5.91 Å². The van der Waals surface area contributed by atoms with Crippen LogP contribution in [0.4, 0.5) is 11.4 Å². The summed E-state index contributed by atoms with van der Waals surface area (Å²) in [7, 11) is 0. The molecule has 1 saturated heterocycles. The number of nitrogens with zero attached hydrogens (tertiary/aromatic N) is 3. The minimum atomic E-state index is -0.259. The van der Waals surface area contributed by atoms with Gasteiger partial charge in [-0.05, 0) is 59.8 Å². The number of phenols is 2. The van der Waals surface area contributed by atoms with Gasteiger partial charge in [-0.15, -0.1) is 0 Å². The van der Waals surface area contributed by atoms with Gasteiger partial charge in [-0.2, -0.15) is 0 Å². The Morgan fingerprint density at radius 2 is 1.83 bits per heavy atom. The highest BCUT2D eigenvalue weighted by Crippen LogP contribution is 2.38. The minimum Gasteiger partial charge on any atom is -0.504 e. The maximum atomic E-state index is 13.1. The molecule has 0 aliphatic carbocycles. The van der Waals surface area contributed by atoms with Crippen LogP contribution >= 0.6 is 23.4 Å². The molecule has 0 bridgehead atoms. The molecule has 1 fully saturated rings. The van der Waals surface area contributed by atoms with Crippen LogP contribution in [0.5, 0.6) is 11.5 Å². The predicted molar refractivity (Wildman–Crippen MR) is 116 cm³/mol. The van der Waals surface area contributed by atoms with Crippen LogP contribution < -0.4 is 4.90 Å². The molecule has 1 aromatic heterocycles. The zero-order valence-electron chi connectivity index (χ0n) is 14.9. The lowest BCUT2D eigenvalue weighted by molar-refractivity contribution is -0.113. The normalized spacial score (nSPS) is 16.7. The third kappa shape index (κ3) is 3.96. The molecule has 4 rings (SSSR count). The van der Waals surface area contributed by atoms with E-state index in [4.69, 9.17) is 11.6 Å². The third-order valence-electron chi connectivity index (χ3n) is 4.07. The number of amides is 1. The number of aromatic nitrogens is 1. The molecule has 3 aromatic rings. The Balaban J connectivity index is 1.79. The van der Waals surface area contributed by atoms with Gasteiger partial charge in [0.2, 0.25) is 0 Å². The van der Waals surface area contributed by atoms with Gasteiger partial charge in [0.1, 0.15) is 5.69 Å². The zero-order valence-corrected chi connectivity index (χ0v) is 16.4. The Morgan fingerprint density at radius 3 is 2.55 bits per heavy atom. The number of aromatic hydroxyl groups is 2. The van der Waals surface area contributed by atoms with Gasteiger partial charge < -0.3 is 10.2 Å². The van der Waals surface area contributed by atoms with E-state index in [2.05, 4.69) is 9.98 Å². The van der Waals surface area contributed by atoms with E-state index in [1.165, 1.54) is 28.8 Å². The van der Waals surface area contributed by atoms with Crippen LogP contribution in [-0.2, 0) is 4.79 Å². The molecular weight excluding hydrogens is 410 g/mol. The zero-order chi connectivity index (χ0) is 20.4. The lowest BCUT2D eigenvalue weighted by atomic mass is 10.2. The molecule has 144 valence electrons. The van der Waals surface area contributed by atoms with Crippen molar-refractivity contribution < 1.29 is 15.0 Å². The van der Waals surface area contributed by atoms with Gasteiger partial charge in [0.05, 0.1) is 10.6 Å². The van der Waals surface area contributed by atoms with Gasteiger partial charge in [-0.1, -0.05) is 35.9 Å². The molecule has 6 nitrogen and oxygen atoms in total. The summed E-state index contributed by atoms with van der Waals surface area (Å²) in [5, 5.41) is 19.9. The summed E-state index contributed by atoms with van der Waals surface area (Å²) in [6.45, 7) is 0. The first-order valence-corrected chi connectivity index (χ1v) is 9.72. The van der Waals surface area contributed by atoms with E-state index in [9.17, 15) is 15.0 Å². The van der Waals surface area contributed by atoms with Crippen molar-refractivity contribution in [2.24, 2.45) is 4.99 Å². The summed E-state index contributed by atoms with van der Waals surface area (Å²) in [4.78, 5) is 23.6. The van der Waals surface area contributed by atoms with E-state index >= 15 is 0 Å². The number of pyridine rings is 1. The topological polar surface area (TPSA) is 86.0 Å². The van der Waals surface area contributed by atoms with E-state index in [0.717, 1.165) is 0 Å². The molecule has 1 aliphatic rings. The number of thioether (sulfide) groups is 1. The molecule has 0 radical (unpaired) electrons. The van der Waals surface area contributed by atoms with Crippen LogP contribution in [0.25, 0.3) is 6.08 Å². The predicted octanol–water partition coefficient (Wildman–Crippen LogP) is 4.95. The standard InChI is InChI=1S/C21H14ClN3O3S/c22-19-15(7-4-10-23-19)24-21-25(14-5-2-1-3-6-14)20(28)18(29-21)12-13-8-9-16(26)17(27)11-13/h1-12,26-27H/b18-12-,24-21?. The van der Waals surface area contributed by atoms with E-state index < -0.39 is 0 Å². The highest BCUT2D eigenvalue weighted by molar-refractivity contribution is 8.19. The number of carbonyl (C=O) groups excluding carboxylic acids is 1. The highest BCUT2D eigenvalue weighted by atomic mass is 35.5. The number of halogens is 1. The third-order valence-corrected chi connectivity index (χ3v) is 5.33. The first-order valence-electron chi connectivity index (χ1n) is 8.53. The SMILES string of the molecule is O=C1/C(=C/c2ccc(O)c(O)c2)SC(=Nc2cccnc2Cl)N1c1ccccc1. The van der Waals surface area contributed by atoms with E-state index in [1.807, 2.05) is 30.3 Å². The maximum absolute atomic E-state index is 13.1. The van der Waals surface area contributed by atoms with Crippen molar-refractivity contribution in [2.45, 2.75) is 0 Å². The number of para-hydroxylation sites is 1. The monoisotopic (exact) mass is 423 g/mol. The summed E-state index contributed by atoms with van der Waals surface area (Å²) in [5.41, 5.74) is 1.69. The Morgan fingerprint density at radius 1 is 1.03 bits per heavy atom. The summed E-state index contributed by atoms with van der Waals surface area (Å²) in [6, 6.07) is 17.0. The lowest BCUT2D eigenvalue weighted by Crippen LogP contribution is -2.28. The molecule has 29 heavy (non-hydrogen) atoms. The van der Waals surface area contributed by atoms with Crippen molar-refractivity contribution in [3.05, 3.63) is 82.5 Å². The number of amidine groups is 1. The average Bonchev–Trinajstić information content (AvgIpc) is 3.02. The smallest absolute Gasteiger partial charge is 0.271 e. The lowest BCUT2D eigenvalue weighted by Gasteiger charge is -2.15. The molecule has 8 heteroatoms. The molecule has 2 heterocycles. The van der Waals surface area contributed by atoms with Gasteiger partial charge in [0.15, 0.2) is 21.8 Å². The van der Waals surface area contributed by atoms with Crippen molar-refractivity contribution in [3.63, 3.8) is 0 Å². The average molecular weight is 424 g/mol. The molecule has 2 N–H and O–H groups in total. The molecule has 0 spiro atoms. The number of aliphatic imine (C=N–C) groups is 1. The fourth-order valence-electron chi connectivity index (χ4n) is 2.70.